The highest BCUT2D eigenvalue weighted by Gasteiger charge is 2.33. The molecule has 0 aromatic heterocycles. The minimum atomic E-state index is -0.131. The highest BCUT2D eigenvalue weighted by Crippen LogP contribution is 2.37. The Morgan fingerprint density at radius 3 is 2.71 bits per heavy atom. The van der Waals surface area contributed by atoms with Gasteiger partial charge in [-0.25, -0.2) is 4.99 Å². The van der Waals surface area contributed by atoms with E-state index in [-0.39, 0.29) is 11.7 Å². The second-order valence-corrected chi connectivity index (χ2v) is 7.75. The highest BCUT2D eigenvalue weighted by atomic mass is 32.2. The van der Waals surface area contributed by atoms with Gasteiger partial charge in [0.25, 0.3) is 5.91 Å². The first-order valence-electron chi connectivity index (χ1n) is 10.0. The fourth-order valence-corrected chi connectivity index (χ4v) is 4.11. The van der Waals surface area contributed by atoms with E-state index in [4.69, 9.17) is 9.47 Å². The summed E-state index contributed by atoms with van der Waals surface area (Å²) in [6, 6.07) is 13.1. The first-order valence-corrected chi connectivity index (χ1v) is 10.8. The topological polar surface area (TPSA) is 71.4 Å². The van der Waals surface area contributed by atoms with E-state index in [1.807, 2.05) is 43.3 Å². The molecule has 0 aliphatic carbocycles. The molecule has 0 unspecified atom stereocenters. The van der Waals surface area contributed by atoms with Gasteiger partial charge < -0.3 is 14.6 Å². The predicted octanol–water partition coefficient (Wildman–Crippen LogP) is 4.77. The molecule has 162 valence electrons. The lowest BCUT2D eigenvalue weighted by atomic mass is 10.1. The molecule has 0 spiro atoms. The Balaban J connectivity index is 1.99. The normalized spacial score (nSPS) is 16.3. The molecule has 1 N–H and O–H groups in total. The van der Waals surface area contributed by atoms with Crippen molar-refractivity contribution in [3.05, 3.63) is 71.2 Å². The van der Waals surface area contributed by atoms with E-state index in [1.54, 1.807) is 30.2 Å². The van der Waals surface area contributed by atoms with Crippen LogP contribution in [0.15, 0.2) is 65.0 Å². The zero-order valence-corrected chi connectivity index (χ0v) is 18.5. The standard InChI is InChI=1S/C24H26N2O4S/c1-4-9-18-14-17(15-20(22(18)27)30-5-2)16-21-23(28)26(12-13-29-3)24(31-21)25-19-10-7-6-8-11-19/h4,6-8,10-11,14-16,27H,1,5,9,12-13H2,2-3H3/b21-16+,25-24-. The van der Waals surface area contributed by atoms with Crippen LogP contribution in [0.3, 0.4) is 0 Å². The summed E-state index contributed by atoms with van der Waals surface area (Å²) in [6.07, 6.45) is 4.01. The summed E-state index contributed by atoms with van der Waals surface area (Å²) >= 11 is 1.32. The maximum absolute atomic E-state index is 13.1. The van der Waals surface area contributed by atoms with Crippen LogP contribution in [0.25, 0.3) is 6.08 Å². The van der Waals surface area contributed by atoms with Crippen LogP contribution in [-0.4, -0.2) is 47.9 Å². The molecule has 0 bridgehead atoms. The number of thioether (sulfide) groups is 1. The number of phenolic OH excluding ortho intramolecular Hbond substituents is 1. The van der Waals surface area contributed by atoms with Gasteiger partial charge >= 0.3 is 0 Å². The number of hydrogen-bond donors (Lipinski definition) is 1. The molecule has 1 aliphatic heterocycles. The van der Waals surface area contributed by atoms with Gasteiger partial charge in [-0.2, -0.15) is 0 Å². The van der Waals surface area contributed by atoms with Crippen molar-refractivity contribution in [1.29, 1.82) is 0 Å². The van der Waals surface area contributed by atoms with Crippen molar-refractivity contribution in [2.75, 3.05) is 26.9 Å². The summed E-state index contributed by atoms with van der Waals surface area (Å²) < 4.78 is 10.7. The van der Waals surface area contributed by atoms with E-state index >= 15 is 0 Å². The van der Waals surface area contributed by atoms with Gasteiger partial charge in [-0.1, -0.05) is 24.3 Å². The van der Waals surface area contributed by atoms with E-state index in [0.717, 1.165) is 11.3 Å². The smallest absolute Gasteiger partial charge is 0.266 e. The fraction of sp³-hybridized carbons (Fsp3) is 0.250. The summed E-state index contributed by atoms with van der Waals surface area (Å²) in [5, 5.41) is 11.0. The minimum absolute atomic E-state index is 0.0994. The second-order valence-electron chi connectivity index (χ2n) is 6.74. The van der Waals surface area contributed by atoms with Gasteiger partial charge in [0.05, 0.1) is 30.4 Å². The van der Waals surface area contributed by atoms with Crippen molar-refractivity contribution in [1.82, 2.24) is 4.90 Å². The Bertz CT molecular complexity index is 1000. The number of aromatic hydroxyl groups is 1. The van der Waals surface area contributed by atoms with E-state index in [2.05, 4.69) is 11.6 Å². The Morgan fingerprint density at radius 2 is 2.03 bits per heavy atom. The van der Waals surface area contributed by atoms with Crippen LogP contribution in [-0.2, 0) is 16.0 Å². The summed E-state index contributed by atoms with van der Waals surface area (Å²) in [6.45, 7) is 6.84. The number of aliphatic imine (C=N–C) groups is 1. The molecule has 3 rings (SSSR count). The Hall–Kier alpha value is -3.03. The third kappa shape index (κ3) is 5.57. The minimum Gasteiger partial charge on any atom is -0.504 e. The number of amidine groups is 1. The molecule has 1 heterocycles. The van der Waals surface area contributed by atoms with Crippen LogP contribution < -0.4 is 4.74 Å². The first-order chi connectivity index (χ1) is 15.1. The molecular formula is C24H26N2O4S. The third-order valence-corrected chi connectivity index (χ3v) is 5.53. The summed E-state index contributed by atoms with van der Waals surface area (Å²) in [4.78, 5) is 19.9. The number of rotatable bonds is 9. The van der Waals surface area contributed by atoms with Crippen LogP contribution in [0.2, 0.25) is 0 Å². The van der Waals surface area contributed by atoms with E-state index < -0.39 is 0 Å². The van der Waals surface area contributed by atoms with Crippen molar-refractivity contribution in [2.24, 2.45) is 4.99 Å². The number of para-hydroxylation sites is 1. The summed E-state index contributed by atoms with van der Waals surface area (Å²) in [5.74, 6) is 0.356. The number of phenols is 1. The number of hydrogen-bond acceptors (Lipinski definition) is 6. The van der Waals surface area contributed by atoms with Gasteiger partial charge in [-0.05, 0) is 61.0 Å². The summed E-state index contributed by atoms with van der Waals surface area (Å²) in [5.41, 5.74) is 2.23. The molecule has 1 aliphatic rings. The molecule has 0 saturated carbocycles. The van der Waals surface area contributed by atoms with Gasteiger partial charge in [0.15, 0.2) is 16.7 Å². The number of nitrogens with zero attached hydrogens (tertiary/aromatic N) is 2. The SMILES string of the molecule is C=CCc1cc(/C=C2/S/C(=N\c3ccccc3)N(CCOC)C2=O)cc(OCC)c1O. The number of carbonyl (C=O) groups excluding carboxylic acids is 1. The average Bonchev–Trinajstić information content (AvgIpc) is 3.05. The van der Waals surface area contributed by atoms with Gasteiger partial charge in [-0.3, -0.25) is 9.69 Å². The van der Waals surface area contributed by atoms with Crippen molar-refractivity contribution in [3.8, 4) is 11.5 Å². The monoisotopic (exact) mass is 438 g/mol. The van der Waals surface area contributed by atoms with Crippen molar-refractivity contribution in [2.45, 2.75) is 13.3 Å². The van der Waals surface area contributed by atoms with Crippen molar-refractivity contribution >= 4 is 34.6 Å². The summed E-state index contributed by atoms with van der Waals surface area (Å²) in [7, 11) is 1.60. The molecule has 0 atom stereocenters. The first kappa shape index (κ1) is 22.7. The number of carbonyl (C=O) groups is 1. The van der Waals surface area contributed by atoms with Crippen LogP contribution in [0.1, 0.15) is 18.1 Å². The quantitative estimate of drug-likeness (QED) is 0.451. The van der Waals surface area contributed by atoms with Gasteiger partial charge in [0.1, 0.15) is 0 Å². The molecule has 7 heteroatoms. The Morgan fingerprint density at radius 1 is 1.26 bits per heavy atom. The third-order valence-electron chi connectivity index (χ3n) is 4.53. The second kappa shape index (κ2) is 10.8. The molecule has 2 aromatic carbocycles. The molecule has 1 amide bonds. The lowest BCUT2D eigenvalue weighted by molar-refractivity contribution is -0.122. The van der Waals surface area contributed by atoms with Crippen LogP contribution in [0.5, 0.6) is 11.5 Å². The van der Waals surface area contributed by atoms with Crippen molar-refractivity contribution in [3.63, 3.8) is 0 Å². The molecule has 31 heavy (non-hydrogen) atoms. The largest absolute Gasteiger partial charge is 0.504 e. The maximum atomic E-state index is 13.1. The van der Waals surface area contributed by atoms with E-state index in [9.17, 15) is 9.90 Å². The van der Waals surface area contributed by atoms with Gasteiger partial charge in [-0.15, -0.1) is 6.58 Å². The molecular weight excluding hydrogens is 412 g/mol. The molecule has 0 radical (unpaired) electrons. The Labute approximate surface area is 186 Å². The number of benzene rings is 2. The lowest BCUT2D eigenvalue weighted by Gasteiger charge is -2.14. The van der Waals surface area contributed by atoms with Gasteiger partial charge in [0.2, 0.25) is 0 Å². The average molecular weight is 439 g/mol. The Kier molecular flexibility index (Phi) is 7.92. The van der Waals surface area contributed by atoms with Crippen LogP contribution in [0.4, 0.5) is 5.69 Å². The highest BCUT2D eigenvalue weighted by molar-refractivity contribution is 8.18. The predicted molar refractivity (Wildman–Crippen MR) is 126 cm³/mol. The van der Waals surface area contributed by atoms with E-state index in [1.165, 1.54) is 11.8 Å². The fourth-order valence-electron chi connectivity index (χ4n) is 3.08. The van der Waals surface area contributed by atoms with Crippen LogP contribution in [0, 0.1) is 0 Å². The maximum Gasteiger partial charge on any atom is 0.266 e. The molecule has 1 fully saturated rings. The number of ether oxygens (including phenoxy) is 2. The lowest BCUT2D eigenvalue weighted by Crippen LogP contribution is -2.32. The number of allylic oxidation sites excluding steroid dienone is 1. The van der Waals surface area contributed by atoms with E-state index in [0.29, 0.717) is 47.6 Å². The van der Waals surface area contributed by atoms with Gasteiger partial charge in [0, 0.05) is 12.7 Å². The molecule has 6 nitrogen and oxygen atoms in total. The van der Waals surface area contributed by atoms with Crippen LogP contribution >= 0.6 is 11.8 Å². The molecule has 2 aromatic rings. The zero-order chi connectivity index (χ0) is 22.2. The molecule has 1 saturated heterocycles. The number of amides is 1. The zero-order valence-electron chi connectivity index (χ0n) is 17.7. The van der Waals surface area contributed by atoms with Crippen molar-refractivity contribution < 1.29 is 19.4 Å². The number of methoxy groups -OCH3 is 1.